The first-order valence-electron chi connectivity index (χ1n) is 16.1. The molecule has 2 heterocycles. The Morgan fingerprint density at radius 3 is 2.14 bits per heavy atom. The van der Waals surface area contributed by atoms with E-state index in [4.69, 9.17) is 0 Å². The molecule has 7 rings (SSSR count). The summed E-state index contributed by atoms with van der Waals surface area (Å²) < 4.78 is 33.5. The molecule has 50 heavy (non-hydrogen) atoms. The van der Waals surface area contributed by atoms with Crippen molar-refractivity contribution in [2.75, 3.05) is 5.06 Å². The van der Waals surface area contributed by atoms with Crippen molar-refractivity contribution in [3.05, 3.63) is 148 Å². The number of benzene rings is 5. The summed E-state index contributed by atoms with van der Waals surface area (Å²) in [5.41, 5.74) is 9.19. The van der Waals surface area contributed by atoms with Crippen LogP contribution in [0.5, 0.6) is 0 Å². The summed E-state index contributed by atoms with van der Waals surface area (Å²) in [4.78, 5) is 0.835. The van der Waals surface area contributed by atoms with Gasteiger partial charge in [-0.25, -0.2) is 13.5 Å². The number of fused-ring (bicyclic) bond motifs is 2. The van der Waals surface area contributed by atoms with Crippen LogP contribution in [0.25, 0.3) is 38.5 Å². The summed E-state index contributed by atoms with van der Waals surface area (Å²) in [7, 11) is -4.27. The van der Waals surface area contributed by atoms with E-state index < -0.39 is 10.1 Å². The normalized spacial score (nSPS) is 13.7. The van der Waals surface area contributed by atoms with Crippen molar-refractivity contribution in [3.8, 4) is 22.3 Å². The summed E-state index contributed by atoms with van der Waals surface area (Å²) in [5, 5.41) is 25.1. The van der Waals surface area contributed by atoms with Gasteiger partial charge in [0.25, 0.3) is 5.52 Å². The lowest BCUT2D eigenvalue weighted by atomic mass is 9.97. The molecular formula is C40H36N2O5S3. The van der Waals surface area contributed by atoms with Gasteiger partial charge in [0.2, 0.25) is 0 Å². The summed E-state index contributed by atoms with van der Waals surface area (Å²) in [6.07, 6.45) is 5.60. The Morgan fingerprint density at radius 2 is 1.52 bits per heavy atom. The molecule has 2 N–H and O–H groups in total. The minimum atomic E-state index is -4.27. The van der Waals surface area contributed by atoms with Crippen molar-refractivity contribution < 1.29 is 28.1 Å². The second-order valence-corrected chi connectivity index (χ2v) is 15.2. The topological polar surface area (TPSA) is 105 Å². The number of thiazole rings is 1. The molecular weight excluding hydrogens is 685 g/mol. The van der Waals surface area contributed by atoms with Gasteiger partial charge in [-0.05, 0) is 84.0 Å². The Morgan fingerprint density at radius 1 is 0.860 bits per heavy atom. The van der Waals surface area contributed by atoms with Gasteiger partial charge in [0, 0.05) is 21.3 Å². The minimum absolute atomic E-state index is 0.178. The van der Waals surface area contributed by atoms with Crippen LogP contribution >= 0.6 is 23.1 Å². The highest BCUT2D eigenvalue weighted by Crippen LogP contribution is 2.47. The van der Waals surface area contributed by atoms with Crippen LogP contribution in [0.2, 0.25) is 0 Å². The van der Waals surface area contributed by atoms with Gasteiger partial charge in [0.15, 0.2) is 0 Å². The third-order valence-electron chi connectivity index (χ3n) is 8.37. The van der Waals surface area contributed by atoms with Gasteiger partial charge in [-0.1, -0.05) is 127 Å². The van der Waals surface area contributed by atoms with Crippen LogP contribution in [0.4, 0.5) is 5.69 Å². The van der Waals surface area contributed by atoms with Crippen molar-refractivity contribution in [2.45, 2.75) is 43.4 Å². The zero-order valence-electron chi connectivity index (χ0n) is 27.8. The Hall–Kier alpha value is -4.71. The zero-order chi connectivity index (χ0) is 35.4. The van der Waals surface area contributed by atoms with E-state index in [9.17, 15) is 23.4 Å². The van der Waals surface area contributed by atoms with Crippen LogP contribution in [0.15, 0.2) is 142 Å². The van der Waals surface area contributed by atoms with Crippen LogP contribution in [0, 0.1) is 6.92 Å². The number of allylic oxidation sites excluding steroid dienone is 2. The average Bonchev–Trinajstić information content (AvgIpc) is 3.62. The molecule has 0 spiro atoms. The number of rotatable bonds is 7. The molecule has 10 heteroatoms. The number of aromatic nitrogens is 1. The highest BCUT2D eigenvalue weighted by molar-refractivity contribution is 8.03. The molecule has 0 saturated heterocycles. The predicted molar refractivity (Wildman–Crippen MR) is 202 cm³/mol. The summed E-state index contributed by atoms with van der Waals surface area (Å²) >= 11 is 3.12. The molecule has 0 amide bonds. The Bertz CT molecular complexity index is 2320. The monoisotopic (exact) mass is 720 g/mol. The van der Waals surface area contributed by atoms with Gasteiger partial charge in [0.05, 0.1) is 10.6 Å². The van der Waals surface area contributed by atoms with Gasteiger partial charge in [0.1, 0.15) is 19.8 Å². The van der Waals surface area contributed by atoms with E-state index in [2.05, 4.69) is 62.4 Å². The van der Waals surface area contributed by atoms with Gasteiger partial charge < -0.3 is 4.55 Å². The molecule has 0 unspecified atom stereocenters. The quantitative estimate of drug-likeness (QED) is 0.0961. The summed E-state index contributed by atoms with van der Waals surface area (Å²) in [6, 6.07) is 36.7. The van der Waals surface area contributed by atoms with Crippen molar-refractivity contribution in [1.82, 2.24) is 0 Å². The van der Waals surface area contributed by atoms with E-state index in [0.717, 1.165) is 82.6 Å². The van der Waals surface area contributed by atoms with Gasteiger partial charge in [-0.15, -0.1) is 0 Å². The SMILES string of the molecule is CCC(=Cc1sc2ccc(-c3ccccc3)c(CC)c2[n+]1O)C=C1Sc2ccc(-c3ccccc3)cc2N1O.Cc1ccc(S(=O)(=O)[O-])cc1. The second kappa shape index (κ2) is 15.0. The Kier molecular flexibility index (Phi) is 10.6. The number of hydrogen-bond donors (Lipinski definition) is 2. The second-order valence-electron chi connectivity index (χ2n) is 11.7. The number of aryl methyl sites for hydroxylation is 2. The lowest BCUT2D eigenvalue weighted by molar-refractivity contribution is -0.882. The standard InChI is InChI=1S/C33H29N2O2S2.C7H8O3S/c1-3-22(19-31-34(36)28-21-25(15-17-29(28)38-31)23-11-7-5-8-12-23)20-32-35(37)33-26(4-2)27(16-18-30(33)39-32)24-13-9-6-10-14-24;1-6-2-4-7(5-3-6)11(8,9)10/h5-21,36-37H,3-4H2,1-2H3;2-5H,1H3,(H,8,9,10)/q+1;/p-1. The fourth-order valence-corrected chi connectivity index (χ4v) is 8.28. The van der Waals surface area contributed by atoms with Gasteiger partial charge >= 0.3 is 5.01 Å². The van der Waals surface area contributed by atoms with E-state index >= 15 is 0 Å². The maximum Gasteiger partial charge on any atom is 0.313 e. The van der Waals surface area contributed by atoms with Gasteiger partial charge in [-0.3, -0.25) is 10.4 Å². The third-order valence-corrected chi connectivity index (χ3v) is 11.3. The highest BCUT2D eigenvalue weighted by Gasteiger charge is 2.27. The maximum absolute atomic E-state index is 11.3. The van der Waals surface area contributed by atoms with Crippen LogP contribution in [-0.2, 0) is 16.5 Å². The van der Waals surface area contributed by atoms with Gasteiger partial charge in [-0.2, -0.15) is 0 Å². The molecule has 1 aliphatic heterocycles. The van der Waals surface area contributed by atoms with Crippen LogP contribution < -0.4 is 9.79 Å². The molecule has 0 aliphatic carbocycles. The fraction of sp³-hybridized carbons (Fsp3) is 0.125. The van der Waals surface area contributed by atoms with E-state index in [0.29, 0.717) is 0 Å². The van der Waals surface area contributed by atoms with Crippen molar-refractivity contribution in [1.29, 1.82) is 0 Å². The lowest BCUT2D eigenvalue weighted by Gasteiger charge is -2.12. The summed E-state index contributed by atoms with van der Waals surface area (Å²) in [5.74, 6) is 0. The molecule has 0 fully saturated rings. The van der Waals surface area contributed by atoms with E-state index in [-0.39, 0.29) is 4.90 Å². The number of hydrogen-bond acceptors (Lipinski definition) is 8. The van der Waals surface area contributed by atoms with Crippen LogP contribution in [0.1, 0.15) is 36.4 Å². The minimum Gasteiger partial charge on any atom is -0.744 e. The van der Waals surface area contributed by atoms with Crippen LogP contribution in [0.3, 0.4) is 0 Å². The number of thioether (sulfide) groups is 1. The van der Waals surface area contributed by atoms with Crippen molar-refractivity contribution >= 4 is 55.2 Å². The smallest absolute Gasteiger partial charge is 0.313 e. The molecule has 7 nitrogen and oxygen atoms in total. The number of hydroxylamine groups is 1. The van der Waals surface area contributed by atoms with Crippen molar-refractivity contribution in [3.63, 3.8) is 0 Å². The largest absolute Gasteiger partial charge is 0.744 e. The Labute approximate surface area is 300 Å². The summed E-state index contributed by atoms with van der Waals surface area (Å²) in [6.45, 7) is 6.04. The molecule has 6 aromatic rings. The molecule has 5 aromatic carbocycles. The van der Waals surface area contributed by atoms with Crippen molar-refractivity contribution in [2.24, 2.45) is 0 Å². The maximum atomic E-state index is 11.3. The number of nitrogens with zero attached hydrogens (tertiary/aromatic N) is 2. The molecule has 1 aromatic heterocycles. The van der Waals surface area contributed by atoms with E-state index in [1.165, 1.54) is 21.9 Å². The van der Waals surface area contributed by atoms with Crippen LogP contribution in [-0.4, -0.2) is 23.4 Å². The molecule has 0 atom stereocenters. The molecule has 254 valence electrons. The van der Waals surface area contributed by atoms with E-state index in [1.54, 1.807) is 35.2 Å². The Balaban J connectivity index is 0.000000336. The lowest BCUT2D eigenvalue weighted by Crippen LogP contribution is -2.32. The first-order valence-corrected chi connectivity index (χ1v) is 19.2. The molecule has 0 saturated carbocycles. The first-order chi connectivity index (χ1) is 24.1. The third kappa shape index (κ3) is 7.55. The fourth-order valence-electron chi connectivity index (χ4n) is 5.74. The molecule has 1 aliphatic rings. The highest BCUT2D eigenvalue weighted by atomic mass is 32.2. The molecule has 0 bridgehead atoms. The first kappa shape index (κ1) is 35.1. The predicted octanol–water partition coefficient (Wildman–Crippen LogP) is 9.86. The zero-order valence-corrected chi connectivity index (χ0v) is 30.2. The van der Waals surface area contributed by atoms with E-state index in [1.807, 2.05) is 61.5 Å². The number of anilines is 1. The average molecular weight is 721 g/mol. The molecule has 0 radical (unpaired) electrons.